The number of para-hydroxylation sites is 1. The lowest BCUT2D eigenvalue weighted by Gasteiger charge is -2.39. The molecule has 2 aromatic rings. The highest BCUT2D eigenvalue weighted by Crippen LogP contribution is 2.35. The smallest absolute Gasteiger partial charge is 0.108 e. The Morgan fingerprint density at radius 3 is 2.95 bits per heavy atom. The first-order valence-corrected chi connectivity index (χ1v) is 8.05. The third-order valence-electron chi connectivity index (χ3n) is 4.35. The van der Waals surface area contributed by atoms with E-state index in [9.17, 15) is 0 Å². The molecule has 0 saturated heterocycles. The van der Waals surface area contributed by atoms with E-state index in [4.69, 9.17) is 4.98 Å². The van der Waals surface area contributed by atoms with Gasteiger partial charge in [0.05, 0.1) is 10.2 Å². The Morgan fingerprint density at radius 2 is 2.16 bits per heavy atom. The highest BCUT2D eigenvalue weighted by atomic mass is 32.1. The molecule has 0 amide bonds. The maximum atomic E-state index is 4.70. The van der Waals surface area contributed by atoms with Crippen molar-refractivity contribution in [3.8, 4) is 0 Å². The topological polar surface area (TPSA) is 24.9 Å². The van der Waals surface area contributed by atoms with E-state index in [1.54, 1.807) is 0 Å². The lowest BCUT2D eigenvalue weighted by Crippen LogP contribution is -2.43. The van der Waals surface area contributed by atoms with Crippen molar-refractivity contribution < 1.29 is 0 Å². The molecule has 1 unspecified atom stereocenters. The molecule has 1 heterocycles. The predicted octanol–water partition coefficient (Wildman–Crippen LogP) is 4.35. The lowest BCUT2D eigenvalue weighted by atomic mass is 9.73. The predicted molar refractivity (Wildman–Crippen MR) is 82.5 cm³/mol. The molecule has 0 aliphatic heterocycles. The molecule has 1 aliphatic carbocycles. The first-order valence-electron chi connectivity index (χ1n) is 7.23. The number of rotatable bonds is 3. The number of hydrogen-bond acceptors (Lipinski definition) is 3. The number of nitrogens with one attached hydrogen (secondary N) is 1. The van der Waals surface area contributed by atoms with Gasteiger partial charge in [0.15, 0.2) is 0 Å². The summed E-state index contributed by atoms with van der Waals surface area (Å²) in [5.41, 5.74) is 1.56. The van der Waals surface area contributed by atoms with E-state index in [2.05, 4.69) is 43.4 Å². The van der Waals surface area contributed by atoms with E-state index in [0.717, 1.165) is 12.1 Å². The summed E-state index contributed by atoms with van der Waals surface area (Å²) in [5, 5.41) is 4.95. The largest absolute Gasteiger partial charge is 0.307 e. The van der Waals surface area contributed by atoms with Crippen LogP contribution in [0.2, 0.25) is 0 Å². The first kappa shape index (κ1) is 13.1. The molecule has 3 heteroatoms. The van der Waals surface area contributed by atoms with Gasteiger partial charge in [-0.2, -0.15) is 0 Å². The summed E-state index contributed by atoms with van der Waals surface area (Å²) < 4.78 is 1.29. The molecule has 1 saturated carbocycles. The average Bonchev–Trinajstić information content (AvgIpc) is 2.79. The summed E-state index contributed by atoms with van der Waals surface area (Å²) in [6, 6.07) is 9.03. The zero-order valence-electron chi connectivity index (χ0n) is 11.8. The summed E-state index contributed by atoms with van der Waals surface area (Å²) in [6.07, 6.45) is 5.38. The number of benzene rings is 1. The third kappa shape index (κ3) is 2.82. The number of aromatic nitrogens is 1. The van der Waals surface area contributed by atoms with Gasteiger partial charge in [-0.15, -0.1) is 11.3 Å². The Kier molecular flexibility index (Phi) is 3.59. The molecule has 0 bridgehead atoms. The molecule has 1 atom stereocenters. The molecule has 1 aromatic heterocycles. The second-order valence-corrected chi connectivity index (χ2v) is 7.36. The fourth-order valence-electron chi connectivity index (χ4n) is 3.08. The quantitative estimate of drug-likeness (QED) is 0.899. The molecule has 1 fully saturated rings. The van der Waals surface area contributed by atoms with Gasteiger partial charge in [-0.1, -0.05) is 38.8 Å². The molecule has 2 nitrogen and oxygen atoms in total. The standard InChI is InChI=1S/C16H22N2S/c1-16(2)10-6-5-9-14(16)17-11-15-18-12-7-3-4-8-13(12)19-15/h3-4,7-8,14,17H,5-6,9-11H2,1-2H3. The molecule has 1 aliphatic rings. The van der Waals surface area contributed by atoms with Gasteiger partial charge in [0, 0.05) is 12.6 Å². The molecule has 1 aromatic carbocycles. The van der Waals surface area contributed by atoms with E-state index >= 15 is 0 Å². The SMILES string of the molecule is CC1(C)CCCCC1NCc1nc2ccccc2s1. The Hall–Kier alpha value is -0.930. The second kappa shape index (κ2) is 5.22. The van der Waals surface area contributed by atoms with Crippen LogP contribution in [0.25, 0.3) is 10.2 Å². The molecular formula is C16H22N2S. The Labute approximate surface area is 119 Å². The summed E-state index contributed by atoms with van der Waals surface area (Å²) >= 11 is 1.81. The number of fused-ring (bicyclic) bond motifs is 1. The van der Waals surface area contributed by atoms with Crippen molar-refractivity contribution in [3.63, 3.8) is 0 Å². The van der Waals surface area contributed by atoms with Gasteiger partial charge in [0.1, 0.15) is 5.01 Å². The third-order valence-corrected chi connectivity index (χ3v) is 5.38. The van der Waals surface area contributed by atoms with Gasteiger partial charge in [-0.3, -0.25) is 0 Å². The Bertz CT molecular complexity index is 526. The van der Waals surface area contributed by atoms with Crippen LogP contribution < -0.4 is 5.32 Å². The Balaban J connectivity index is 1.68. The molecule has 3 rings (SSSR count). The summed E-state index contributed by atoms with van der Waals surface area (Å²) in [5.74, 6) is 0. The number of nitrogens with zero attached hydrogens (tertiary/aromatic N) is 1. The van der Waals surface area contributed by atoms with Crippen LogP contribution in [0, 0.1) is 5.41 Å². The van der Waals surface area contributed by atoms with E-state index in [1.807, 2.05) is 11.3 Å². The minimum absolute atomic E-state index is 0.426. The maximum Gasteiger partial charge on any atom is 0.108 e. The van der Waals surface area contributed by atoms with E-state index in [0.29, 0.717) is 11.5 Å². The van der Waals surface area contributed by atoms with Crippen molar-refractivity contribution in [1.29, 1.82) is 0 Å². The highest BCUT2D eigenvalue weighted by Gasteiger charge is 2.31. The number of thiazole rings is 1. The number of hydrogen-bond donors (Lipinski definition) is 1. The van der Waals surface area contributed by atoms with Crippen LogP contribution in [0.4, 0.5) is 0 Å². The van der Waals surface area contributed by atoms with Crippen molar-refractivity contribution in [3.05, 3.63) is 29.3 Å². The van der Waals surface area contributed by atoms with Crippen LogP contribution in [0.5, 0.6) is 0 Å². The molecule has 0 spiro atoms. The fourth-order valence-corrected chi connectivity index (χ4v) is 4.00. The van der Waals surface area contributed by atoms with Crippen LogP contribution in [-0.4, -0.2) is 11.0 Å². The van der Waals surface area contributed by atoms with E-state index in [1.165, 1.54) is 35.4 Å². The van der Waals surface area contributed by atoms with Crippen molar-refractivity contribution in [1.82, 2.24) is 10.3 Å². The minimum Gasteiger partial charge on any atom is -0.307 e. The average molecular weight is 274 g/mol. The van der Waals surface area contributed by atoms with E-state index < -0.39 is 0 Å². The normalized spacial score (nSPS) is 22.7. The summed E-state index contributed by atoms with van der Waals surface area (Å²) in [4.78, 5) is 4.70. The summed E-state index contributed by atoms with van der Waals surface area (Å²) in [7, 11) is 0. The second-order valence-electron chi connectivity index (χ2n) is 6.24. The van der Waals surface area contributed by atoms with Gasteiger partial charge < -0.3 is 5.32 Å². The Morgan fingerprint density at radius 1 is 1.32 bits per heavy atom. The fraction of sp³-hybridized carbons (Fsp3) is 0.562. The van der Waals surface area contributed by atoms with Crippen molar-refractivity contribution in [2.75, 3.05) is 0 Å². The first-order chi connectivity index (χ1) is 9.15. The van der Waals surface area contributed by atoms with Crippen LogP contribution in [0.3, 0.4) is 0 Å². The van der Waals surface area contributed by atoms with Crippen LogP contribution in [0.15, 0.2) is 24.3 Å². The van der Waals surface area contributed by atoms with Gasteiger partial charge in [0.2, 0.25) is 0 Å². The zero-order valence-corrected chi connectivity index (χ0v) is 12.6. The minimum atomic E-state index is 0.426. The van der Waals surface area contributed by atoms with Crippen LogP contribution >= 0.6 is 11.3 Å². The molecule has 1 N–H and O–H groups in total. The zero-order chi connectivity index (χ0) is 13.3. The van der Waals surface area contributed by atoms with Crippen molar-refractivity contribution in [2.24, 2.45) is 5.41 Å². The van der Waals surface area contributed by atoms with Crippen molar-refractivity contribution in [2.45, 2.75) is 52.1 Å². The van der Waals surface area contributed by atoms with Crippen LogP contribution in [0.1, 0.15) is 44.5 Å². The van der Waals surface area contributed by atoms with Gasteiger partial charge >= 0.3 is 0 Å². The van der Waals surface area contributed by atoms with Crippen molar-refractivity contribution >= 4 is 21.6 Å². The van der Waals surface area contributed by atoms with Gasteiger partial charge in [-0.25, -0.2) is 4.98 Å². The summed E-state index contributed by atoms with van der Waals surface area (Å²) in [6.45, 7) is 5.69. The van der Waals surface area contributed by atoms with Crippen LogP contribution in [-0.2, 0) is 6.54 Å². The molecule has 0 radical (unpaired) electrons. The molecule has 19 heavy (non-hydrogen) atoms. The monoisotopic (exact) mass is 274 g/mol. The van der Waals surface area contributed by atoms with E-state index in [-0.39, 0.29) is 0 Å². The maximum absolute atomic E-state index is 4.70. The van der Waals surface area contributed by atoms with Gasteiger partial charge in [-0.05, 0) is 30.4 Å². The van der Waals surface area contributed by atoms with Gasteiger partial charge in [0.25, 0.3) is 0 Å². The lowest BCUT2D eigenvalue weighted by molar-refractivity contribution is 0.167. The highest BCUT2D eigenvalue weighted by molar-refractivity contribution is 7.18. The molecule has 102 valence electrons. The molecular weight excluding hydrogens is 252 g/mol.